The van der Waals surface area contributed by atoms with Gasteiger partial charge in [0.2, 0.25) is 0 Å². The van der Waals surface area contributed by atoms with Gasteiger partial charge in [-0.3, -0.25) is 10.1 Å². The molecular formula is C15H18ClN3O2. The summed E-state index contributed by atoms with van der Waals surface area (Å²) in [7, 11) is 0. The van der Waals surface area contributed by atoms with Crippen molar-refractivity contribution in [2.75, 3.05) is 0 Å². The molecule has 2 rings (SSSR count). The van der Waals surface area contributed by atoms with Gasteiger partial charge in [-0.2, -0.15) is 0 Å². The van der Waals surface area contributed by atoms with E-state index in [0.29, 0.717) is 17.1 Å². The van der Waals surface area contributed by atoms with E-state index in [1.807, 2.05) is 23.0 Å². The molecule has 112 valence electrons. The van der Waals surface area contributed by atoms with Crippen LogP contribution in [0.1, 0.15) is 36.9 Å². The zero-order chi connectivity index (χ0) is 15.4. The molecule has 2 aromatic rings. The predicted molar refractivity (Wildman–Crippen MR) is 83.5 cm³/mol. The number of nitro benzene ring substituents is 1. The Morgan fingerprint density at radius 1 is 1.43 bits per heavy atom. The van der Waals surface area contributed by atoms with Crippen molar-refractivity contribution in [2.45, 2.75) is 32.4 Å². The first-order valence-electron chi connectivity index (χ1n) is 6.85. The zero-order valence-electron chi connectivity index (χ0n) is 11.8. The average Bonchev–Trinajstić information content (AvgIpc) is 2.87. The van der Waals surface area contributed by atoms with Crippen LogP contribution in [0.2, 0.25) is 5.02 Å². The summed E-state index contributed by atoms with van der Waals surface area (Å²) in [6.45, 7) is 2.49. The number of benzene rings is 1. The molecule has 21 heavy (non-hydrogen) atoms. The van der Waals surface area contributed by atoms with Crippen LogP contribution in [0.15, 0.2) is 36.7 Å². The maximum Gasteiger partial charge on any atom is 0.274 e. The average molecular weight is 308 g/mol. The molecule has 1 heterocycles. The number of nitrogens with zero attached hydrogens (tertiary/aromatic N) is 2. The first kappa shape index (κ1) is 15.5. The summed E-state index contributed by atoms with van der Waals surface area (Å²) in [5.74, 6) is 0. The number of aromatic nitrogens is 1. The van der Waals surface area contributed by atoms with Gasteiger partial charge in [-0.05, 0) is 30.2 Å². The van der Waals surface area contributed by atoms with Gasteiger partial charge in [0.1, 0.15) is 0 Å². The van der Waals surface area contributed by atoms with E-state index in [0.717, 1.165) is 18.4 Å². The fourth-order valence-corrected chi connectivity index (χ4v) is 2.50. The van der Waals surface area contributed by atoms with Crippen LogP contribution >= 0.6 is 11.6 Å². The normalized spacial score (nSPS) is 12.3. The third kappa shape index (κ3) is 3.83. The van der Waals surface area contributed by atoms with E-state index in [1.54, 1.807) is 6.07 Å². The Kier molecular flexibility index (Phi) is 4.98. The summed E-state index contributed by atoms with van der Waals surface area (Å²) < 4.78 is 1.89. The van der Waals surface area contributed by atoms with Crippen molar-refractivity contribution < 1.29 is 4.92 Å². The van der Waals surface area contributed by atoms with E-state index in [2.05, 4.69) is 6.92 Å². The minimum atomic E-state index is -0.390. The first-order chi connectivity index (χ1) is 10.0. The number of hydrogen-bond acceptors (Lipinski definition) is 3. The van der Waals surface area contributed by atoms with Gasteiger partial charge in [-0.25, -0.2) is 0 Å². The molecule has 1 unspecified atom stereocenters. The number of hydrogen-bond donors (Lipinski definition) is 1. The summed E-state index contributed by atoms with van der Waals surface area (Å²) in [6, 6.07) is 6.56. The first-order valence-corrected chi connectivity index (χ1v) is 7.23. The molecule has 0 aliphatic carbocycles. The van der Waals surface area contributed by atoms with Crippen molar-refractivity contribution in [2.24, 2.45) is 5.73 Å². The zero-order valence-corrected chi connectivity index (χ0v) is 12.6. The molecule has 0 fully saturated rings. The molecular weight excluding hydrogens is 290 g/mol. The summed E-state index contributed by atoms with van der Waals surface area (Å²) >= 11 is 5.93. The van der Waals surface area contributed by atoms with Gasteiger partial charge >= 0.3 is 0 Å². The Hall–Kier alpha value is -1.85. The molecule has 0 radical (unpaired) electrons. The monoisotopic (exact) mass is 307 g/mol. The van der Waals surface area contributed by atoms with E-state index in [9.17, 15) is 10.1 Å². The third-order valence-corrected chi connectivity index (χ3v) is 3.63. The molecule has 5 nitrogen and oxygen atoms in total. The molecule has 0 aliphatic rings. The summed E-state index contributed by atoms with van der Waals surface area (Å²) in [4.78, 5) is 10.7. The van der Waals surface area contributed by atoms with Crippen LogP contribution in [0.25, 0.3) is 0 Å². The lowest BCUT2D eigenvalue weighted by atomic mass is 10.1. The van der Waals surface area contributed by atoms with Crippen molar-refractivity contribution in [1.82, 2.24) is 4.57 Å². The second kappa shape index (κ2) is 6.74. The molecule has 0 bridgehead atoms. The Morgan fingerprint density at radius 3 is 2.86 bits per heavy atom. The Morgan fingerprint density at radius 2 is 2.19 bits per heavy atom. The highest BCUT2D eigenvalue weighted by atomic mass is 35.5. The maximum atomic E-state index is 11.1. The summed E-state index contributed by atoms with van der Waals surface area (Å²) in [5.41, 5.74) is 7.77. The van der Waals surface area contributed by atoms with E-state index in [4.69, 9.17) is 17.3 Å². The van der Waals surface area contributed by atoms with Gasteiger partial charge in [0.05, 0.1) is 17.0 Å². The Labute approximate surface area is 128 Å². The maximum absolute atomic E-state index is 11.1. The second-order valence-corrected chi connectivity index (χ2v) is 5.48. The minimum absolute atomic E-state index is 0.00518. The molecule has 0 spiro atoms. The molecule has 0 amide bonds. The Bertz CT molecular complexity index is 640. The standard InChI is InChI=1S/C15H18ClN3O2/c1-2-3-14(17)11-6-7-18(9-11)10-12-8-13(16)4-5-15(12)19(20)21/h4-9,14H,2-3,10,17H2,1H3. The van der Waals surface area contributed by atoms with Gasteiger partial charge in [-0.1, -0.05) is 24.9 Å². The molecule has 1 atom stereocenters. The summed E-state index contributed by atoms with van der Waals surface area (Å²) in [5, 5.41) is 11.5. The highest BCUT2D eigenvalue weighted by molar-refractivity contribution is 6.30. The lowest BCUT2D eigenvalue weighted by Gasteiger charge is -2.08. The van der Waals surface area contributed by atoms with Crippen molar-refractivity contribution in [3.63, 3.8) is 0 Å². The highest BCUT2D eigenvalue weighted by Crippen LogP contribution is 2.24. The molecule has 2 N–H and O–H groups in total. The van der Waals surface area contributed by atoms with Crippen LogP contribution in [0.5, 0.6) is 0 Å². The summed E-state index contributed by atoms with van der Waals surface area (Å²) in [6.07, 6.45) is 5.76. The van der Waals surface area contributed by atoms with Gasteiger partial charge in [0.15, 0.2) is 0 Å². The minimum Gasteiger partial charge on any atom is -0.349 e. The number of nitro groups is 1. The lowest BCUT2D eigenvalue weighted by Crippen LogP contribution is -2.09. The molecule has 0 aliphatic heterocycles. The van der Waals surface area contributed by atoms with Crippen LogP contribution in [0.4, 0.5) is 5.69 Å². The molecule has 0 saturated heterocycles. The van der Waals surface area contributed by atoms with E-state index < -0.39 is 0 Å². The highest BCUT2D eigenvalue weighted by Gasteiger charge is 2.15. The van der Waals surface area contributed by atoms with Crippen LogP contribution in [-0.4, -0.2) is 9.49 Å². The van der Waals surface area contributed by atoms with E-state index in [-0.39, 0.29) is 16.7 Å². The van der Waals surface area contributed by atoms with Gasteiger partial charge in [-0.15, -0.1) is 0 Å². The topological polar surface area (TPSA) is 74.1 Å². The fraction of sp³-hybridized carbons (Fsp3) is 0.333. The van der Waals surface area contributed by atoms with Crippen LogP contribution in [0.3, 0.4) is 0 Å². The van der Waals surface area contributed by atoms with Crippen molar-refractivity contribution in [3.05, 3.63) is 62.9 Å². The van der Waals surface area contributed by atoms with Crippen molar-refractivity contribution in [3.8, 4) is 0 Å². The largest absolute Gasteiger partial charge is 0.349 e. The second-order valence-electron chi connectivity index (χ2n) is 5.04. The Balaban J connectivity index is 2.22. The van der Waals surface area contributed by atoms with Crippen LogP contribution in [-0.2, 0) is 6.54 Å². The van der Waals surface area contributed by atoms with Crippen molar-refractivity contribution in [1.29, 1.82) is 0 Å². The van der Waals surface area contributed by atoms with Crippen LogP contribution in [0, 0.1) is 10.1 Å². The molecule has 1 aromatic carbocycles. The molecule has 1 aromatic heterocycles. The van der Waals surface area contributed by atoms with Crippen LogP contribution < -0.4 is 5.73 Å². The smallest absolute Gasteiger partial charge is 0.274 e. The van der Waals surface area contributed by atoms with E-state index in [1.165, 1.54) is 12.1 Å². The predicted octanol–water partition coefficient (Wildman–Crippen LogP) is 3.90. The van der Waals surface area contributed by atoms with Gasteiger partial charge in [0.25, 0.3) is 5.69 Å². The SMILES string of the molecule is CCCC(N)c1ccn(Cc2cc(Cl)ccc2[N+](=O)[O-])c1. The lowest BCUT2D eigenvalue weighted by molar-refractivity contribution is -0.385. The van der Waals surface area contributed by atoms with Gasteiger partial charge in [0, 0.05) is 29.5 Å². The number of rotatable bonds is 6. The fourth-order valence-electron chi connectivity index (χ4n) is 2.31. The van der Waals surface area contributed by atoms with E-state index >= 15 is 0 Å². The molecule has 0 saturated carbocycles. The third-order valence-electron chi connectivity index (χ3n) is 3.39. The molecule has 6 heteroatoms. The van der Waals surface area contributed by atoms with Gasteiger partial charge < -0.3 is 10.3 Å². The number of nitrogens with two attached hydrogens (primary N) is 1. The quantitative estimate of drug-likeness (QED) is 0.649. The van der Waals surface area contributed by atoms with Crippen molar-refractivity contribution >= 4 is 17.3 Å². The number of halogens is 1.